The summed E-state index contributed by atoms with van der Waals surface area (Å²) >= 11 is 0. The van der Waals surface area contributed by atoms with Gasteiger partial charge in [-0.15, -0.1) is 0 Å². The number of likely N-dealkylation sites (N-methyl/N-ethyl adjacent to an activating group) is 1. The first kappa shape index (κ1) is 21.4. The molecule has 0 radical (unpaired) electrons. The van der Waals surface area contributed by atoms with E-state index in [9.17, 15) is 0 Å². The highest BCUT2D eigenvalue weighted by molar-refractivity contribution is 6.00. The molecule has 2 heterocycles. The molecular formula is C23H27N7O2. The number of benzene rings is 2. The fourth-order valence-electron chi connectivity index (χ4n) is 3.48. The Morgan fingerprint density at radius 1 is 1.09 bits per heavy atom. The van der Waals surface area contributed by atoms with Gasteiger partial charge in [0.25, 0.3) is 0 Å². The van der Waals surface area contributed by atoms with Crippen molar-refractivity contribution in [3.05, 3.63) is 53.6 Å². The first-order valence-electron chi connectivity index (χ1n) is 10.4. The first-order chi connectivity index (χ1) is 15.4. The Morgan fingerprint density at radius 2 is 1.94 bits per heavy atom. The third-order valence-corrected chi connectivity index (χ3v) is 5.13. The number of aliphatic imine (C=N–C) groups is 3. The normalized spacial score (nSPS) is 15.6. The van der Waals surface area contributed by atoms with Crippen molar-refractivity contribution >= 4 is 29.3 Å². The summed E-state index contributed by atoms with van der Waals surface area (Å²) in [7, 11) is 5.88. The van der Waals surface area contributed by atoms with Gasteiger partial charge in [0.15, 0.2) is 5.75 Å². The van der Waals surface area contributed by atoms with E-state index in [2.05, 4.69) is 19.9 Å². The number of ether oxygens (including phenoxy) is 2. The molecule has 2 aliphatic heterocycles. The predicted molar refractivity (Wildman–Crippen MR) is 128 cm³/mol. The molecule has 0 bridgehead atoms. The van der Waals surface area contributed by atoms with Crippen molar-refractivity contribution in [3.8, 4) is 11.5 Å². The van der Waals surface area contributed by atoms with Crippen molar-refractivity contribution in [3.63, 3.8) is 0 Å². The van der Waals surface area contributed by atoms with Crippen LogP contribution in [0.3, 0.4) is 0 Å². The van der Waals surface area contributed by atoms with E-state index in [-0.39, 0.29) is 11.9 Å². The fourth-order valence-corrected chi connectivity index (χ4v) is 3.48. The quantitative estimate of drug-likeness (QED) is 0.555. The lowest BCUT2D eigenvalue weighted by Gasteiger charge is -2.20. The topological polar surface area (TPSA) is 112 Å². The predicted octanol–water partition coefficient (Wildman–Crippen LogP) is 2.34. The van der Waals surface area contributed by atoms with E-state index >= 15 is 0 Å². The van der Waals surface area contributed by atoms with Crippen LogP contribution in [0.15, 0.2) is 57.4 Å². The molecule has 9 heteroatoms. The highest BCUT2D eigenvalue weighted by atomic mass is 16.5. The molecule has 0 amide bonds. The zero-order chi connectivity index (χ0) is 22.7. The van der Waals surface area contributed by atoms with Crippen molar-refractivity contribution < 1.29 is 9.47 Å². The van der Waals surface area contributed by atoms with Crippen molar-refractivity contribution in [2.24, 2.45) is 20.7 Å². The summed E-state index contributed by atoms with van der Waals surface area (Å²) in [6.07, 6.45) is 0.547. The van der Waals surface area contributed by atoms with Gasteiger partial charge >= 0.3 is 6.02 Å². The van der Waals surface area contributed by atoms with Gasteiger partial charge in [-0.25, -0.2) is 4.99 Å². The Morgan fingerprint density at radius 3 is 2.66 bits per heavy atom. The standard InChI is InChI=1S/C23H27N7O2/c1-29(2)18-8-7-15(21(24)25)14-19(18)32-20-9-10-27-23(28-20)31-17-6-4-5-16(13-17)22-26-11-12-30(22)3/h4-8,13-14H,9-12H2,1-3H3,(H3,24,25). The maximum atomic E-state index is 7.71. The number of amidine groups is 3. The van der Waals surface area contributed by atoms with Crippen LogP contribution in [-0.2, 0) is 0 Å². The molecule has 0 aromatic heterocycles. The van der Waals surface area contributed by atoms with E-state index in [1.165, 1.54) is 0 Å². The first-order valence-corrected chi connectivity index (χ1v) is 10.4. The van der Waals surface area contributed by atoms with Crippen molar-refractivity contribution in [1.29, 1.82) is 5.41 Å². The molecule has 2 aromatic carbocycles. The summed E-state index contributed by atoms with van der Waals surface area (Å²) in [5, 5.41) is 7.71. The maximum absolute atomic E-state index is 7.71. The number of nitrogens with one attached hydrogen (secondary N) is 1. The summed E-state index contributed by atoms with van der Waals surface area (Å²) in [5.41, 5.74) is 8.09. The van der Waals surface area contributed by atoms with Gasteiger partial charge in [-0.05, 0) is 30.3 Å². The van der Waals surface area contributed by atoms with Crippen LogP contribution in [0.5, 0.6) is 11.5 Å². The SMILES string of the molecule is CN1CCN=C1c1cccc(OC2=NCCC(Oc3cc(C(=N)N)ccc3N(C)C)=N2)c1. The summed E-state index contributed by atoms with van der Waals surface area (Å²) in [4.78, 5) is 17.5. The van der Waals surface area contributed by atoms with E-state index < -0.39 is 0 Å². The molecule has 0 saturated carbocycles. The Labute approximate surface area is 187 Å². The maximum Gasteiger partial charge on any atom is 0.320 e. The second kappa shape index (κ2) is 9.09. The largest absolute Gasteiger partial charge is 0.441 e. The van der Waals surface area contributed by atoms with Crippen LogP contribution in [0.2, 0.25) is 0 Å². The summed E-state index contributed by atoms with van der Waals surface area (Å²) in [6.45, 7) is 2.22. The lowest BCUT2D eigenvalue weighted by molar-refractivity contribution is 0.503. The minimum Gasteiger partial charge on any atom is -0.441 e. The Hall–Kier alpha value is -3.88. The summed E-state index contributed by atoms with van der Waals surface area (Å²) in [6, 6.07) is 13.4. The van der Waals surface area contributed by atoms with Gasteiger partial charge in [0, 0.05) is 45.2 Å². The lowest BCUT2D eigenvalue weighted by atomic mass is 10.1. The Bertz CT molecular complexity index is 1120. The molecule has 0 saturated heterocycles. The average molecular weight is 434 g/mol. The number of nitrogens with zero attached hydrogens (tertiary/aromatic N) is 5. The smallest absolute Gasteiger partial charge is 0.320 e. The number of nitrogen functional groups attached to an aromatic ring is 1. The van der Waals surface area contributed by atoms with Crippen LogP contribution in [0.25, 0.3) is 0 Å². The molecule has 4 rings (SSSR count). The van der Waals surface area contributed by atoms with Crippen LogP contribution in [0.1, 0.15) is 17.5 Å². The fraction of sp³-hybridized carbons (Fsp3) is 0.304. The number of hydrogen-bond acceptors (Lipinski definition) is 8. The summed E-state index contributed by atoms with van der Waals surface area (Å²) < 4.78 is 12.0. The Balaban J connectivity index is 1.53. The summed E-state index contributed by atoms with van der Waals surface area (Å²) in [5.74, 6) is 2.65. The molecule has 3 N–H and O–H groups in total. The third-order valence-electron chi connectivity index (χ3n) is 5.13. The molecule has 0 aliphatic carbocycles. The second-order valence-corrected chi connectivity index (χ2v) is 7.77. The van der Waals surface area contributed by atoms with Crippen LogP contribution in [0, 0.1) is 5.41 Å². The molecule has 32 heavy (non-hydrogen) atoms. The van der Waals surface area contributed by atoms with Crippen molar-refractivity contribution in [2.75, 3.05) is 45.7 Å². The Kier molecular flexibility index (Phi) is 6.07. The number of anilines is 1. The molecular weight excluding hydrogens is 406 g/mol. The molecule has 9 nitrogen and oxygen atoms in total. The highest BCUT2D eigenvalue weighted by Crippen LogP contribution is 2.29. The minimum absolute atomic E-state index is 0.0197. The van der Waals surface area contributed by atoms with Gasteiger partial charge in [-0.1, -0.05) is 12.1 Å². The average Bonchev–Trinajstić information content (AvgIpc) is 3.20. The van der Waals surface area contributed by atoms with Crippen LogP contribution in [0.4, 0.5) is 5.69 Å². The van der Waals surface area contributed by atoms with E-state index in [4.69, 9.17) is 20.6 Å². The minimum atomic E-state index is -0.0197. The lowest BCUT2D eigenvalue weighted by Crippen LogP contribution is -2.24. The molecule has 0 unspecified atom stereocenters. The van der Waals surface area contributed by atoms with Gasteiger partial charge in [0.2, 0.25) is 5.90 Å². The van der Waals surface area contributed by atoms with Crippen LogP contribution >= 0.6 is 0 Å². The van der Waals surface area contributed by atoms with Crippen LogP contribution in [-0.4, -0.2) is 69.3 Å². The number of nitrogens with two attached hydrogens (primary N) is 1. The molecule has 0 spiro atoms. The van der Waals surface area contributed by atoms with Gasteiger partial charge in [0.05, 0.1) is 18.8 Å². The van der Waals surface area contributed by atoms with Crippen molar-refractivity contribution in [1.82, 2.24) is 4.90 Å². The molecule has 166 valence electrons. The second-order valence-electron chi connectivity index (χ2n) is 7.77. The van der Waals surface area contributed by atoms with Gasteiger partial charge in [0.1, 0.15) is 17.4 Å². The molecule has 0 fully saturated rings. The zero-order valence-corrected chi connectivity index (χ0v) is 18.5. The van der Waals surface area contributed by atoms with E-state index in [1.54, 1.807) is 12.1 Å². The monoisotopic (exact) mass is 433 g/mol. The highest BCUT2D eigenvalue weighted by Gasteiger charge is 2.18. The van der Waals surface area contributed by atoms with Gasteiger partial charge in [-0.2, -0.15) is 4.99 Å². The molecule has 2 aromatic rings. The van der Waals surface area contributed by atoms with E-state index in [0.717, 1.165) is 30.2 Å². The van der Waals surface area contributed by atoms with E-state index in [1.807, 2.05) is 56.4 Å². The van der Waals surface area contributed by atoms with Crippen LogP contribution < -0.4 is 20.1 Å². The molecule has 2 aliphatic rings. The van der Waals surface area contributed by atoms with Crippen molar-refractivity contribution in [2.45, 2.75) is 6.42 Å². The van der Waals surface area contributed by atoms with Gasteiger partial charge in [-0.3, -0.25) is 10.4 Å². The molecule has 0 atom stereocenters. The van der Waals surface area contributed by atoms with Gasteiger partial charge < -0.3 is 25.0 Å². The number of hydrogen-bond donors (Lipinski definition) is 2. The number of rotatable bonds is 5. The van der Waals surface area contributed by atoms with E-state index in [0.29, 0.717) is 35.9 Å². The zero-order valence-electron chi connectivity index (χ0n) is 18.5. The third kappa shape index (κ3) is 4.72.